The molecule has 1 heterocycles. The third-order valence-corrected chi connectivity index (χ3v) is 6.12. The van der Waals surface area contributed by atoms with Crippen LogP contribution in [0.2, 0.25) is 0 Å². The molecular formula is C13H16O3. The van der Waals surface area contributed by atoms with Crippen LogP contribution in [0.1, 0.15) is 19.3 Å². The number of Topliss-reactive ketones (excluding diaryl/α,β-unsaturated/α-hetero) is 1. The van der Waals surface area contributed by atoms with Crippen molar-refractivity contribution in [2.24, 2.45) is 35.5 Å². The van der Waals surface area contributed by atoms with E-state index in [1.807, 2.05) is 0 Å². The smallest absolute Gasteiger partial charge is 0.172 e. The minimum absolute atomic E-state index is 0.298. The molecule has 1 aliphatic heterocycles. The molecule has 5 rings (SSSR count). The van der Waals surface area contributed by atoms with Crippen molar-refractivity contribution >= 4 is 5.78 Å². The molecule has 16 heavy (non-hydrogen) atoms. The normalized spacial score (nSPS) is 59.4. The van der Waals surface area contributed by atoms with Crippen molar-refractivity contribution in [3.63, 3.8) is 0 Å². The van der Waals surface area contributed by atoms with Crippen molar-refractivity contribution in [2.75, 3.05) is 13.2 Å². The van der Waals surface area contributed by atoms with Gasteiger partial charge in [-0.05, 0) is 30.1 Å². The van der Waals surface area contributed by atoms with Crippen LogP contribution in [0.25, 0.3) is 0 Å². The molecule has 0 unspecified atom stereocenters. The van der Waals surface area contributed by atoms with Crippen molar-refractivity contribution in [3.05, 3.63) is 0 Å². The van der Waals surface area contributed by atoms with E-state index in [1.165, 1.54) is 6.42 Å². The zero-order chi connectivity index (χ0) is 10.5. The summed E-state index contributed by atoms with van der Waals surface area (Å²) in [6.45, 7) is 1.46. The Morgan fingerprint density at radius 3 is 2.69 bits per heavy atom. The highest BCUT2D eigenvalue weighted by molar-refractivity contribution is 5.86. The van der Waals surface area contributed by atoms with Gasteiger partial charge in [0.1, 0.15) is 5.78 Å². The van der Waals surface area contributed by atoms with Crippen molar-refractivity contribution in [1.82, 2.24) is 0 Å². The predicted octanol–water partition coefficient (Wildman–Crippen LogP) is 1.22. The van der Waals surface area contributed by atoms with Crippen LogP contribution in [0, 0.1) is 35.5 Å². The molecule has 0 aromatic carbocycles. The van der Waals surface area contributed by atoms with E-state index in [0.29, 0.717) is 29.5 Å². The van der Waals surface area contributed by atoms with Gasteiger partial charge in [-0.15, -0.1) is 0 Å². The molecule has 5 fully saturated rings. The average Bonchev–Trinajstić information content (AvgIpc) is 2.94. The van der Waals surface area contributed by atoms with Gasteiger partial charge in [-0.2, -0.15) is 0 Å². The number of ketones is 1. The first-order valence-corrected chi connectivity index (χ1v) is 6.61. The van der Waals surface area contributed by atoms with E-state index in [4.69, 9.17) is 9.47 Å². The van der Waals surface area contributed by atoms with E-state index in [1.54, 1.807) is 0 Å². The fourth-order valence-electron chi connectivity index (χ4n) is 5.92. The Balaban J connectivity index is 1.68. The van der Waals surface area contributed by atoms with Crippen LogP contribution in [0.4, 0.5) is 0 Å². The fraction of sp³-hybridized carbons (Fsp3) is 0.923. The lowest BCUT2D eigenvalue weighted by Crippen LogP contribution is -2.40. The lowest BCUT2D eigenvalue weighted by molar-refractivity contribution is -0.193. The predicted molar refractivity (Wildman–Crippen MR) is 54.4 cm³/mol. The van der Waals surface area contributed by atoms with Crippen molar-refractivity contribution in [3.8, 4) is 0 Å². The standard InChI is InChI=1S/C13H16O3/c14-10-4-6-7-3-8-9(6)5-13(12(8)11(7)10)15-1-2-16-13/h6-9,11-12H,1-5H2/t6-,7-,8-,9-,11+,12+/m0/s1. The summed E-state index contributed by atoms with van der Waals surface area (Å²) in [6, 6.07) is 0. The van der Waals surface area contributed by atoms with Crippen LogP contribution in [-0.4, -0.2) is 24.8 Å². The number of hydrogen-bond acceptors (Lipinski definition) is 3. The highest BCUT2D eigenvalue weighted by Gasteiger charge is 2.75. The highest BCUT2D eigenvalue weighted by Crippen LogP contribution is 2.73. The summed E-state index contributed by atoms with van der Waals surface area (Å²) in [5, 5.41) is 0. The van der Waals surface area contributed by atoms with E-state index in [0.717, 1.165) is 37.9 Å². The summed E-state index contributed by atoms with van der Waals surface area (Å²) in [6.07, 6.45) is 3.22. The molecule has 0 N–H and O–H groups in total. The van der Waals surface area contributed by atoms with Crippen molar-refractivity contribution in [2.45, 2.75) is 25.0 Å². The quantitative estimate of drug-likeness (QED) is 0.615. The number of ether oxygens (including phenoxy) is 2. The van der Waals surface area contributed by atoms with E-state index < -0.39 is 0 Å². The minimum Gasteiger partial charge on any atom is -0.347 e. The lowest BCUT2D eigenvalue weighted by Gasteiger charge is -2.32. The van der Waals surface area contributed by atoms with Gasteiger partial charge in [-0.25, -0.2) is 0 Å². The van der Waals surface area contributed by atoms with Gasteiger partial charge in [0.2, 0.25) is 0 Å². The Morgan fingerprint density at radius 1 is 1.06 bits per heavy atom. The zero-order valence-corrected chi connectivity index (χ0v) is 9.22. The van der Waals surface area contributed by atoms with Gasteiger partial charge in [0.25, 0.3) is 0 Å². The van der Waals surface area contributed by atoms with E-state index in [-0.39, 0.29) is 5.79 Å². The van der Waals surface area contributed by atoms with Crippen molar-refractivity contribution in [1.29, 1.82) is 0 Å². The van der Waals surface area contributed by atoms with Gasteiger partial charge in [0, 0.05) is 24.7 Å². The summed E-state index contributed by atoms with van der Waals surface area (Å²) in [4.78, 5) is 12.1. The Hall–Kier alpha value is -0.410. The summed E-state index contributed by atoms with van der Waals surface area (Å²) in [5.74, 6) is 3.75. The molecule has 3 heteroatoms. The number of hydrogen-bond donors (Lipinski definition) is 0. The molecule has 0 aromatic heterocycles. The second-order valence-corrected chi connectivity index (χ2v) is 6.33. The van der Waals surface area contributed by atoms with E-state index >= 15 is 0 Å². The highest BCUT2D eigenvalue weighted by atomic mass is 16.7. The maximum atomic E-state index is 12.1. The SMILES string of the molecule is O=C1C[C@@H]2[C@@H]3CC4(OCCO4)[C@@H]4[C@H]3C[C@@H]2[C@H]14. The maximum absolute atomic E-state index is 12.1. The van der Waals surface area contributed by atoms with E-state index in [9.17, 15) is 4.79 Å². The summed E-state index contributed by atoms with van der Waals surface area (Å²) >= 11 is 0. The number of carbonyl (C=O) groups excluding carboxylic acids is 1. The molecule has 86 valence electrons. The topological polar surface area (TPSA) is 35.5 Å². The second kappa shape index (κ2) is 2.39. The van der Waals surface area contributed by atoms with Crippen LogP contribution in [0.15, 0.2) is 0 Å². The molecule has 6 atom stereocenters. The molecule has 5 aliphatic rings. The molecule has 1 saturated heterocycles. The molecule has 0 amide bonds. The first kappa shape index (κ1) is 8.65. The van der Waals surface area contributed by atoms with Crippen LogP contribution in [0.3, 0.4) is 0 Å². The monoisotopic (exact) mass is 220 g/mol. The van der Waals surface area contributed by atoms with Gasteiger partial charge in [-0.3, -0.25) is 4.79 Å². The Kier molecular flexibility index (Phi) is 1.29. The average molecular weight is 220 g/mol. The van der Waals surface area contributed by atoms with Crippen LogP contribution >= 0.6 is 0 Å². The zero-order valence-electron chi connectivity index (χ0n) is 9.22. The number of fused-ring (bicyclic) bond motifs is 3. The summed E-state index contributed by atoms with van der Waals surface area (Å²) in [5.41, 5.74) is 0. The number of carbonyl (C=O) groups is 1. The largest absolute Gasteiger partial charge is 0.347 e. The van der Waals surface area contributed by atoms with Gasteiger partial charge < -0.3 is 9.47 Å². The lowest BCUT2D eigenvalue weighted by atomic mass is 9.79. The first-order chi connectivity index (χ1) is 7.80. The third-order valence-electron chi connectivity index (χ3n) is 6.12. The third kappa shape index (κ3) is 0.697. The molecule has 3 nitrogen and oxygen atoms in total. The summed E-state index contributed by atoms with van der Waals surface area (Å²) < 4.78 is 11.9. The molecule has 4 aliphatic carbocycles. The van der Waals surface area contributed by atoms with Crippen molar-refractivity contribution < 1.29 is 14.3 Å². The van der Waals surface area contributed by atoms with Crippen LogP contribution in [-0.2, 0) is 14.3 Å². The molecule has 1 spiro atoms. The summed E-state index contributed by atoms with van der Waals surface area (Å²) in [7, 11) is 0. The van der Waals surface area contributed by atoms with Crippen LogP contribution < -0.4 is 0 Å². The Morgan fingerprint density at radius 2 is 1.88 bits per heavy atom. The first-order valence-electron chi connectivity index (χ1n) is 6.61. The Labute approximate surface area is 94.5 Å². The minimum atomic E-state index is -0.334. The van der Waals surface area contributed by atoms with Gasteiger partial charge >= 0.3 is 0 Å². The molecular weight excluding hydrogens is 204 g/mol. The molecule has 2 bridgehead atoms. The fourth-order valence-corrected chi connectivity index (χ4v) is 5.92. The molecule has 0 aromatic rings. The van der Waals surface area contributed by atoms with Gasteiger partial charge in [0.15, 0.2) is 5.79 Å². The Bertz CT molecular complexity index is 385. The number of rotatable bonds is 0. The molecule has 0 radical (unpaired) electrons. The maximum Gasteiger partial charge on any atom is 0.172 e. The van der Waals surface area contributed by atoms with Gasteiger partial charge in [-0.1, -0.05) is 0 Å². The van der Waals surface area contributed by atoms with Crippen LogP contribution in [0.5, 0.6) is 0 Å². The second-order valence-electron chi connectivity index (χ2n) is 6.33. The molecule has 4 saturated carbocycles. The van der Waals surface area contributed by atoms with Gasteiger partial charge in [0.05, 0.1) is 13.2 Å². The van der Waals surface area contributed by atoms with E-state index in [2.05, 4.69) is 0 Å².